The Balaban J connectivity index is 1.78. The molecule has 142 valence electrons. The number of ether oxygens (including phenoxy) is 2. The number of hydrogen-bond acceptors (Lipinski definition) is 4. The summed E-state index contributed by atoms with van der Waals surface area (Å²) in [6.45, 7) is 7.31. The van der Waals surface area contributed by atoms with Gasteiger partial charge in [0.25, 0.3) is 0 Å². The van der Waals surface area contributed by atoms with Crippen LogP contribution in [-0.4, -0.2) is 43.4 Å². The Kier molecular flexibility index (Phi) is 5.51. The van der Waals surface area contributed by atoms with Crippen molar-refractivity contribution in [2.24, 2.45) is 5.92 Å². The minimum atomic E-state index is -0.604. The van der Waals surface area contributed by atoms with E-state index >= 15 is 0 Å². The Morgan fingerprint density at radius 2 is 1.92 bits per heavy atom. The van der Waals surface area contributed by atoms with Crippen molar-refractivity contribution in [3.05, 3.63) is 29.8 Å². The Bertz CT molecular complexity index is 662. The SMILES string of the molecule is CC(C)(C)OC(=O)N[C@@H](C(=O)N1CCc2ccccc21)C1CCOCC1. The highest BCUT2D eigenvalue weighted by Gasteiger charge is 2.37. The highest BCUT2D eigenvalue weighted by molar-refractivity contribution is 6.00. The topological polar surface area (TPSA) is 67.9 Å². The van der Waals surface area contributed by atoms with E-state index in [1.807, 2.05) is 45.0 Å². The molecule has 6 heteroatoms. The third-order valence-corrected chi connectivity index (χ3v) is 4.83. The first-order chi connectivity index (χ1) is 12.3. The minimum absolute atomic E-state index is 0.0523. The van der Waals surface area contributed by atoms with E-state index in [-0.39, 0.29) is 11.8 Å². The van der Waals surface area contributed by atoms with Crippen molar-refractivity contribution >= 4 is 17.7 Å². The smallest absolute Gasteiger partial charge is 0.408 e. The van der Waals surface area contributed by atoms with Gasteiger partial charge < -0.3 is 19.7 Å². The predicted molar refractivity (Wildman–Crippen MR) is 99.2 cm³/mol. The number of nitrogens with zero attached hydrogens (tertiary/aromatic N) is 1. The zero-order valence-corrected chi connectivity index (χ0v) is 15.8. The zero-order valence-electron chi connectivity index (χ0n) is 15.8. The third kappa shape index (κ3) is 4.36. The lowest BCUT2D eigenvalue weighted by Gasteiger charge is -2.33. The molecule has 0 aromatic heterocycles. The van der Waals surface area contributed by atoms with Crippen LogP contribution in [0.25, 0.3) is 0 Å². The van der Waals surface area contributed by atoms with Gasteiger partial charge in [-0.3, -0.25) is 4.79 Å². The number of nitrogens with one attached hydrogen (secondary N) is 1. The van der Waals surface area contributed by atoms with Crippen molar-refractivity contribution in [1.29, 1.82) is 0 Å². The van der Waals surface area contributed by atoms with E-state index in [9.17, 15) is 9.59 Å². The summed E-state index contributed by atoms with van der Waals surface area (Å²) >= 11 is 0. The summed E-state index contributed by atoms with van der Waals surface area (Å²) in [6.07, 6.45) is 1.80. The quantitative estimate of drug-likeness (QED) is 0.900. The molecule has 0 radical (unpaired) electrons. The van der Waals surface area contributed by atoms with Crippen LogP contribution in [0.4, 0.5) is 10.5 Å². The van der Waals surface area contributed by atoms with Gasteiger partial charge in [0.05, 0.1) is 0 Å². The minimum Gasteiger partial charge on any atom is -0.444 e. The Hall–Kier alpha value is -2.08. The zero-order chi connectivity index (χ0) is 18.7. The first kappa shape index (κ1) is 18.7. The number of benzene rings is 1. The molecule has 0 unspecified atom stereocenters. The number of carbonyl (C=O) groups excluding carboxylic acids is 2. The van der Waals surface area contributed by atoms with Crippen LogP contribution < -0.4 is 10.2 Å². The van der Waals surface area contributed by atoms with Crippen LogP contribution in [0, 0.1) is 5.92 Å². The second-order valence-corrected chi connectivity index (χ2v) is 7.94. The summed E-state index contributed by atoms with van der Waals surface area (Å²) in [4.78, 5) is 27.5. The normalized spacial score (nSPS) is 19.0. The first-order valence-electron chi connectivity index (χ1n) is 9.32. The molecular formula is C20H28N2O4. The van der Waals surface area contributed by atoms with Gasteiger partial charge in [0.2, 0.25) is 5.91 Å². The average molecular weight is 360 g/mol. The highest BCUT2D eigenvalue weighted by atomic mass is 16.6. The van der Waals surface area contributed by atoms with Gasteiger partial charge in [0.15, 0.2) is 0 Å². The van der Waals surface area contributed by atoms with Crippen LogP contribution in [0.1, 0.15) is 39.2 Å². The highest BCUT2D eigenvalue weighted by Crippen LogP contribution is 2.30. The maximum atomic E-state index is 13.3. The van der Waals surface area contributed by atoms with Gasteiger partial charge in [0.1, 0.15) is 11.6 Å². The molecule has 1 aromatic carbocycles. The molecule has 0 spiro atoms. The maximum absolute atomic E-state index is 13.3. The van der Waals surface area contributed by atoms with E-state index < -0.39 is 17.7 Å². The molecule has 1 aromatic rings. The van der Waals surface area contributed by atoms with Gasteiger partial charge in [-0.15, -0.1) is 0 Å². The molecule has 0 aliphatic carbocycles. The fourth-order valence-corrected chi connectivity index (χ4v) is 3.60. The molecule has 1 saturated heterocycles. The van der Waals surface area contributed by atoms with Crippen LogP contribution in [-0.2, 0) is 20.7 Å². The molecule has 0 saturated carbocycles. The number of rotatable bonds is 3. The fourth-order valence-electron chi connectivity index (χ4n) is 3.60. The van der Waals surface area contributed by atoms with Gasteiger partial charge >= 0.3 is 6.09 Å². The van der Waals surface area contributed by atoms with E-state index in [1.54, 1.807) is 4.90 Å². The summed E-state index contributed by atoms with van der Waals surface area (Å²) in [6, 6.07) is 7.35. The molecule has 3 rings (SSSR count). The van der Waals surface area contributed by atoms with Crippen LogP contribution in [0.2, 0.25) is 0 Å². The number of alkyl carbamates (subject to hydrolysis) is 1. The van der Waals surface area contributed by atoms with Crippen molar-refractivity contribution < 1.29 is 19.1 Å². The van der Waals surface area contributed by atoms with E-state index in [2.05, 4.69) is 5.32 Å². The van der Waals surface area contributed by atoms with E-state index in [0.717, 1.165) is 24.9 Å². The van der Waals surface area contributed by atoms with Crippen LogP contribution in [0.3, 0.4) is 0 Å². The summed E-state index contributed by atoms with van der Waals surface area (Å²) in [5, 5.41) is 2.84. The fraction of sp³-hybridized carbons (Fsp3) is 0.600. The van der Waals surface area contributed by atoms with Crippen molar-refractivity contribution in [1.82, 2.24) is 5.32 Å². The molecule has 2 aliphatic rings. The Morgan fingerprint density at radius 3 is 2.62 bits per heavy atom. The second-order valence-electron chi connectivity index (χ2n) is 7.94. The summed E-state index contributed by atoms with van der Waals surface area (Å²) in [5.41, 5.74) is 1.51. The monoisotopic (exact) mass is 360 g/mol. The molecule has 2 heterocycles. The van der Waals surface area contributed by atoms with E-state index in [4.69, 9.17) is 9.47 Å². The van der Waals surface area contributed by atoms with Crippen molar-refractivity contribution in [2.75, 3.05) is 24.7 Å². The molecule has 1 fully saturated rings. The predicted octanol–water partition coefficient (Wildman–Crippen LogP) is 2.90. The lowest BCUT2D eigenvalue weighted by molar-refractivity contribution is -0.122. The number of fused-ring (bicyclic) bond motifs is 1. The summed E-state index contributed by atoms with van der Waals surface area (Å²) in [7, 11) is 0. The number of carbonyl (C=O) groups is 2. The number of amides is 2. The third-order valence-electron chi connectivity index (χ3n) is 4.83. The van der Waals surface area contributed by atoms with Crippen LogP contribution in [0.5, 0.6) is 0 Å². The number of para-hydroxylation sites is 1. The van der Waals surface area contributed by atoms with Gasteiger partial charge in [-0.1, -0.05) is 18.2 Å². The molecule has 0 bridgehead atoms. The molecule has 6 nitrogen and oxygen atoms in total. The molecule has 26 heavy (non-hydrogen) atoms. The average Bonchev–Trinajstić information content (AvgIpc) is 3.02. The second kappa shape index (κ2) is 7.66. The number of hydrogen-bond donors (Lipinski definition) is 1. The van der Waals surface area contributed by atoms with Gasteiger partial charge in [0, 0.05) is 25.4 Å². The molecule has 2 aliphatic heterocycles. The Labute approximate surface area is 154 Å². The van der Waals surface area contributed by atoms with E-state index in [1.165, 1.54) is 5.56 Å². The lowest BCUT2D eigenvalue weighted by atomic mass is 9.90. The summed E-state index contributed by atoms with van der Waals surface area (Å²) < 4.78 is 10.8. The molecular weight excluding hydrogens is 332 g/mol. The molecule has 2 amide bonds. The molecule has 1 atom stereocenters. The first-order valence-corrected chi connectivity index (χ1v) is 9.32. The maximum Gasteiger partial charge on any atom is 0.408 e. The Morgan fingerprint density at radius 1 is 1.23 bits per heavy atom. The van der Waals surface area contributed by atoms with Gasteiger partial charge in [-0.05, 0) is 57.6 Å². The molecule has 1 N–H and O–H groups in total. The van der Waals surface area contributed by atoms with Crippen molar-refractivity contribution in [2.45, 2.75) is 51.7 Å². The van der Waals surface area contributed by atoms with E-state index in [0.29, 0.717) is 19.8 Å². The van der Waals surface area contributed by atoms with Crippen LogP contribution in [0.15, 0.2) is 24.3 Å². The lowest BCUT2D eigenvalue weighted by Crippen LogP contribution is -2.54. The standard InChI is InChI=1S/C20H28N2O4/c1-20(2,3)26-19(24)21-17(15-9-12-25-13-10-15)18(23)22-11-8-14-6-4-5-7-16(14)22/h4-7,15,17H,8-13H2,1-3H3,(H,21,24)/t17-/m1/s1. The van der Waals surface area contributed by atoms with Crippen LogP contribution >= 0.6 is 0 Å². The van der Waals surface area contributed by atoms with Gasteiger partial charge in [-0.25, -0.2) is 4.79 Å². The van der Waals surface area contributed by atoms with Gasteiger partial charge in [-0.2, -0.15) is 0 Å². The van der Waals surface area contributed by atoms with Crippen molar-refractivity contribution in [3.63, 3.8) is 0 Å². The number of anilines is 1. The largest absolute Gasteiger partial charge is 0.444 e. The van der Waals surface area contributed by atoms with Crippen molar-refractivity contribution in [3.8, 4) is 0 Å². The summed E-state index contributed by atoms with van der Waals surface area (Å²) in [5.74, 6) is -0.00996.